The molecule has 54 heavy (non-hydrogen) atoms. The normalized spacial score (nSPS) is 11.9. The van der Waals surface area contributed by atoms with Crippen LogP contribution in [-0.2, 0) is 25.4 Å². The van der Waals surface area contributed by atoms with E-state index in [9.17, 15) is 19.2 Å². The molecule has 0 aliphatic carbocycles. The van der Waals surface area contributed by atoms with Gasteiger partial charge in [-0.3, -0.25) is 18.7 Å². The molecule has 294 valence electrons. The molecule has 4 rings (SSSR count). The number of rotatable bonds is 26. The van der Waals surface area contributed by atoms with Crippen LogP contribution in [0.1, 0.15) is 143 Å². The molecule has 0 saturated heterocycles. The molecule has 0 bridgehead atoms. The van der Waals surface area contributed by atoms with Crippen LogP contribution in [0.5, 0.6) is 0 Å². The number of hydrogen-bond acceptors (Lipinski definition) is 6. The van der Waals surface area contributed by atoms with Gasteiger partial charge in [-0.05, 0) is 49.9 Å². The van der Waals surface area contributed by atoms with Gasteiger partial charge in [0.1, 0.15) is 6.10 Å². The van der Waals surface area contributed by atoms with Gasteiger partial charge >= 0.3 is 11.7 Å². The van der Waals surface area contributed by atoms with Crippen LogP contribution in [0.4, 0.5) is 0 Å². The number of amides is 1. The fraction of sp³-hybridized carbons (Fsp3) is 0.568. The fourth-order valence-corrected chi connectivity index (χ4v) is 7.18. The third-order valence-electron chi connectivity index (χ3n) is 10.4. The number of ether oxygens (including phenoxy) is 1. The number of aryl methyl sites for hydroxylation is 2. The van der Waals surface area contributed by atoms with Gasteiger partial charge in [0, 0.05) is 32.7 Å². The van der Waals surface area contributed by atoms with E-state index in [1.807, 2.05) is 53.4 Å². The number of benzene rings is 2. The maximum absolute atomic E-state index is 13.8. The Kier molecular flexibility index (Phi) is 18.3. The molecule has 0 N–H and O–H groups in total. The molecule has 0 aliphatic rings. The highest BCUT2D eigenvalue weighted by Crippen LogP contribution is 2.18. The van der Waals surface area contributed by atoms with Gasteiger partial charge in [0.05, 0.1) is 18.4 Å². The van der Waals surface area contributed by atoms with Crippen molar-refractivity contribution in [3.63, 3.8) is 0 Å². The average molecular weight is 742 g/mol. The monoisotopic (exact) mass is 741 g/mol. The number of carbonyl (C=O) groups is 2. The van der Waals surface area contributed by atoms with Gasteiger partial charge in [-0.25, -0.2) is 14.6 Å². The van der Waals surface area contributed by atoms with Crippen molar-refractivity contribution in [1.82, 2.24) is 23.6 Å². The summed E-state index contributed by atoms with van der Waals surface area (Å²) in [6.07, 6.45) is 20.7. The van der Waals surface area contributed by atoms with E-state index in [0.29, 0.717) is 48.3 Å². The molecular formula is C44H63N5O5. The van der Waals surface area contributed by atoms with Crippen LogP contribution in [-0.4, -0.2) is 54.7 Å². The van der Waals surface area contributed by atoms with Crippen LogP contribution in [0, 0.1) is 0 Å². The second-order valence-electron chi connectivity index (χ2n) is 14.8. The predicted molar refractivity (Wildman–Crippen MR) is 217 cm³/mol. The lowest BCUT2D eigenvalue weighted by atomic mass is 10.0. The number of nitrogens with zero attached hydrogens (tertiary/aromatic N) is 5. The van der Waals surface area contributed by atoms with E-state index in [-0.39, 0.29) is 23.1 Å². The Morgan fingerprint density at radius 2 is 1.24 bits per heavy atom. The summed E-state index contributed by atoms with van der Waals surface area (Å²) in [5.41, 5.74) is 1.39. The zero-order valence-electron chi connectivity index (χ0n) is 33.1. The fourth-order valence-electron chi connectivity index (χ4n) is 7.18. The summed E-state index contributed by atoms with van der Waals surface area (Å²) < 4.78 is 10.5. The van der Waals surface area contributed by atoms with Crippen LogP contribution < -0.4 is 11.2 Å². The number of fused-ring (bicyclic) bond motifs is 1. The summed E-state index contributed by atoms with van der Waals surface area (Å²) >= 11 is 0. The highest BCUT2D eigenvalue weighted by Gasteiger charge is 2.23. The Hall–Kier alpha value is -4.47. The number of aromatic nitrogens is 4. The largest absolute Gasteiger partial charge is 0.457 e. The van der Waals surface area contributed by atoms with Gasteiger partial charge in [0.15, 0.2) is 11.2 Å². The van der Waals surface area contributed by atoms with E-state index in [0.717, 1.165) is 57.8 Å². The van der Waals surface area contributed by atoms with Crippen molar-refractivity contribution in [3.8, 4) is 0 Å². The maximum Gasteiger partial charge on any atom is 0.338 e. The summed E-state index contributed by atoms with van der Waals surface area (Å²) in [5, 5.41) is 0. The Labute approximate surface area is 321 Å². The summed E-state index contributed by atoms with van der Waals surface area (Å²) in [6, 6.07) is 18.5. The molecule has 10 heteroatoms. The maximum atomic E-state index is 13.8. The van der Waals surface area contributed by atoms with Gasteiger partial charge < -0.3 is 14.2 Å². The highest BCUT2D eigenvalue weighted by atomic mass is 16.5. The summed E-state index contributed by atoms with van der Waals surface area (Å²) in [6.45, 7) is 3.64. The Morgan fingerprint density at radius 3 is 1.85 bits per heavy atom. The van der Waals surface area contributed by atoms with Crippen molar-refractivity contribution in [2.75, 3.05) is 13.1 Å². The van der Waals surface area contributed by atoms with E-state index in [2.05, 4.69) is 11.9 Å². The van der Waals surface area contributed by atoms with Crippen molar-refractivity contribution in [3.05, 3.63) is 99.0 Å². The lowest BCUT2D eigenvalue weighted by Gasteiger charge is -2.28. The Bertz CT molecular complexity index is 1810. The number of carbonyl (C=O) groups excluding carboxylic acids is 2. The predicted octanol–water partition coefficient (Wildman–Crippen LogP) is 8.84. The highest BCUT2D eigenvalue weighted by molar-refractivity contribution is 5.94. The Morgan fingerprint density at radius 1 is 0.704 bits per heavy atom. The van der Waals surface area contributed by atoms with Crippen LogP contribution in [0.15, 0.2) is 76.6 Å². The van der Waals surface area contributed by atoms with Crippen LogP contribution in [0.25, 0.3) is 11.2 Å². The molecule has 0 spiro atoms. The molecule has 0 saturated carbocycles. The summed E-state index contributed by atoms with van der Waals surface area (Å²) in [4.78, 5) is 58.8. The molecule has 1 amide bonds. The number of hydrogen-bond donors (Lipinski definition) is 0. The Balaban J connectivity index is 1.26. The summed E-state index contributed by atoms with van der Waals surface area (Å²) in [5.74, 6) is -0.379. The van der Waals surface area contributed by atoms with Crippen molar-refractivity contribution in [1.29, 1.82) is 0 Å². The lowest BCUT2D eigenvalue weighted by Crippen LogP contribution is -2.40. The minimum absolute atomic E-state index is 0.0207. The first-order valence-corrected chi connectivity index (χ1v) is 20.5. The van der Waals surface area contributed by atoms with Gasteiger partial charge in [-0.15, -0.1) is 0 Å². The molecule has 2 aromatic heterocycles. The van der Waals surface area contributed by atoms with E-state index in [4.69, 9.17) is 4.74 Å². The van der Waals surface area contributed by atoms with E-state index in [1.165, 1.54) is 60.5 Å². The quantitative estimate of drug-likeness (QED) is 0.0470. The minimum Gasteiger partial charge on any atom is -0.457 e. The van der Waals surface area contributed by atoms with Gasteiger partial charge in [-0.2, -0.15) is 0 Å². The first kappa shape index (κ1) is 42.3. The van der Waals surface area contributed by atoms with Crippen molar-refractivity contribution >= 4 is 23.0 Å². The van der Waals surface area contributed by atoms with Gasteiger partial charge in [0.2, 0.25) is 0 Å². The molecule has 0 fully saturated rings. The lowest BCUT2D eigenvalue weighted by molar-refractivity contribution is 0.0163. The molecule has 2 aromatic carbocycles. The molecule has 1 atom stereocenters. The van der Waals surface area contributed by atoms with Crippen molar-refractivity contribution < 1.29 is 14.3 Å². The molecular weight excluding hydrogens is 679 g/mol. The average Bonchev–Trinajstić information content (AvgIpc) is 3.59. The number of imidazole rings is 1. The SMILES string of the molecule is CCCCCCCCCCCCN(CC(CCCCCCCCCn1c(=O)c2c(ncn2C)n(C)c1=O)OC(=O)c1ccccc1)C(=O)c1ccccc1. The van der Waals surface area contributed by atoms with Crippen molar-refractivity contribution in [2.45, 2.75) is 135 Å². The second kappa shape index (κ2) is 23.3. The first-order chi connectivity index (χ1) is 26.3. The van der Waals surface area contributed by atoms with E-state index >= 15 is 0 Å². The van der Waals surface area contributed by atoms with E-state index < -0.39 is 6.10 Å². The topological polar surface area (TPSA) is 108 Å². The zero-order chi connectivity index (χ0) is 38.5. The van der Waals surface area contributed by atoms with Crippen LogP contribution in [0.3, 0.4) is 0 Å². The number of unbranched alkanes of at least 4 members (excludes halogenated alkanes) is 15. The molecule has 10 nitrogen and oxygen atoms in total. The van der Waals surface area contributed by atoms with Crippen LogP contribution in [0.2, 0.25) is 0 Å². The molecule has 4 aromatic rings. The van der Waals surface area contributed by atoms with Gasteiger partial charge in [0.25, 0.3) is 11.5 Å². The third-order valence-corrected chi connectivity index (χ3v) is 10.4. The zero-order valence-corrected chi connectivity index (χ0v) is 33.1. The van der Waals surface area contributed by atoms with Gasteiger partial charge in [-0.1, -0.05) is 133 Å². The first-order valence-electron chi connectivity index (χ1n) is 20.5. The molecule has 0 radical (unpaired) electrons. The standard InChI is InChI=1S/C44H63N5O5/c1-4-5-6-7-8-9-10-13-16-25-32-48(41(50)36-27-20-18-21-28-36)34-38(54-43(52)37-29-22-19-23-30-37)31-24-15-12-11-14-17-26-33-49-42(51)39-40(45-35-46(39)2)47(3)44(49)53/h18-23,27-30,35,38H,4-17,24-26,31-34H2,1-3H3. The second-order valence-corrected chi connectivity index (χ2v) is 14.8. The molecule has 1 unspecified atom stereocenters. The minimum atomic E-state index is -0.411. The molecule has 0 aliphatic heterocycles. The summed E-state index contributed by atoms with van der Waals surface area (Å²) in [7, 11) is 3.42. The smallest absolute Gasteiger partial charge is 0.338 e. The van der Waals surface area contributed by atoms with Crippen LogP contribution >= 0.6 is 0 Å². The number of esters is 1. The van der Waals surface area contributed by atoms with E-state index in [1.54, 1.807) is 37.1 Å². The molecule has 2 heterocycles. The van der Waals surface area contributed by atoms with Crippen molar-refractivity contribution in [2.24, 2.45) is 14.1 Å². The third kappa shape index (κ3) is 13.1.